The van der Waals surface area contributed by atoms with Crippen molar-refractivity contribution in [2.24, 2.45) is 28.9 Å². The van der Waals surface area contributed by atoms with E-state index in [-0.39, 0.29) is 56.3 Å². The number of para-hydroxylation sites is 1. The van der Waals surface area contributed by atoms with Crippen LogP contribution in [0.5, 0.6) is 5.75 Å². The molecule has 3 rings (SSSR count). The van der Waals surface area contributed by atoms with E-state index in [0.717, 1.165) is 16.5 Å². The van der Waals surface area contributed by atoms with E-state index in [9.17, 15) is 33.9 Å². The number of aromatic amines is 1. The second-order valence-corrected chi connectivity index (χ2v) is 14.5. The quantitative estimate of drug-likeness (QED) is 0.0278. The van der Waals surface area contributed by atoms with Crippen molar-refractivity contribution < 1.29 is 33.9 Å². The zero-order chi connectivity index (χ0) is 43.5. The van der Waals surface area contributed by atoms with Gasteiger partial charge in [-0.3, -0.25) is 34.2 Å². The van der Waals surface area contributed by atoms with Crippen LogP contribution in [0.4, 0.5) is 0 Å². The molecule has 0 radical (unpaired) electrons. The molecule has 0 spiro atoms. The summed E-state index contributed by atoms with van der Waals surface area (Å²) in [5.41, 5.74) is 25.0. The molecule has 1 aromatic heterocycles. The Morgan fingerprint density at radius 3 is 2.02 bits per heavy atom. The number of aromatic nitrogens is 1. The number of carbonyl (C=O) groups is 6. The highest BCUT2D eigenvalue weighted by molar-refractivity contribution is 5.96. The van der Waals surface area contributed by atoms with E-state index >= 15 is 0 Å². The lowest BCUT2D eigenvalue weighted by Crippen LogP contribution is -2.58. The van der Waals surface area contributed by atoms with Crippen LogP contribution in [0.3, 0.4) is 0 Å². The Labute approximate surface area is 343 Å². The Bertz CT molecular complexity index is 1890. The van der Waals surface area contributed by atoms with Gasteiger partial charge >= 0.3 is 0 Å². The van der Waals surface area contributed by atoms with E-state index in [1.54, 1.807) is 18.3 Å². The third kappa shape index (κ3) is 15.6. The number of H-pyrrole nitrogens is 1. The highest BCUT2D eigenvalue weighted by Gasteiger charge is 2.31. The maximum absolute atomic E-state index is 14.0. The molecule has 0 bridgehead atoms. The number of fused-ring (bicyclic) bond motifs is 1. The number of nitrogens with one attached hydrogen (secondary N) is 8. The number of carbonyl (C=O) groups excluding carboxylic acids is 6. The third-order valence-electron chi connectivity index (χ3n) is 9.97. The molecule has 0 saturated heterocycles. The number of rotatable bonds is 25. The van der Waals surface area contributed by atoms with Crippen molar-refractivity contribution in [2.45, 2.75) is 95.4 Å². The maximum Gasteiger partial charge on any atom is 0.243 e. The second kappa shape index (κ2) is 23.9. The van der Waals surface area contributed by atoms with Gasteiger partial charge in [0, 0.05) is 36.5 Å². The molecule has 0 aliphatic carbocycles. The lowest BCUT2D eigenvalue weighted by molar-refractivity contribution is -0.134. The number of hydrogen-bond acceptors (Lipinski definition) is 10. The topological polar surface area (TPSA) is 339 Å². The van der Waals surface area contributed by atoms with Gasteiger partial charge in [0.15, 0.2) is 5.96 Å². The minimum atomic E-state index is -1.29. The number of benzene rings is 2. The first-order chi connectivity index (χ1) is 28.1. The Morgan fingerprint density at radius 2 is 1.39 bits per heavy atom. The van der Waals surface area contributed by atoms with E-state index in [0.29, 0.717) is 31.4 Å². The molecule has 59 heavy (non-hydrogen) atoms. The number of guanidine groups is 1. The lowest BCUT2D eigenvalue weighted by atomic mass is 9.98. The second-order valence-electron chi connectivity index (χ2n) is 14.5. The fourth-order valence-corrected chi connectivity index (χ4v) is 6.24. The maximum atomic E-state index is 14.0. The summed E-state index contributed by atoms with van der Waals surface area (Å²) in [6.07, 6.45) is 3.96. The van der Waals surface area contributed by atoms with Crippen LogP contribution < -0.4 is 54.8 Å². The molecule has 0 saturated carbocycles. The van der Waals surface area contributed by atoms with Gasteiger partial charge in [0.05, 0.1) is 12.6 Å². The molecule has 2 aromatic carbocycles. The van der Waals surface area contributed by atoms with Crippen molar-refractivity contribution in [2.75, 3.05) is 19.6 Å². The predicted octanol–water partition coefficient (Wildman–Crippen LogP) is -1.03. The summed E-state index contributed by atoms with van der Waals surface area (Å²) in [5.74, 6) is -4.64. The molecule has 0 fully saturated rings. The number of aromatic hydroxyl groups is 1. The molecular weight excluding hydrogens is 761 g/mol. The summed E-state index contributed by atoms with van der Waals surface area (Å²) < 4.78 is 0. The predicted molar refractivity (Wildman–Crippen MR) is 223 cm³/mol. The number of amides is 6. The molecule has 0 aliphatic heterocycles. The summed E-state index contributed by atoms with van der Waals surface area (Å²) in [4.78, 5) is 83.1. The number of nitrogens with two attached hydrogens (primary N) is 4. The first kappa shape index (κ1) is 47.2. The molecule has 19 heteroatoms. The van der Waals surface area contributed by atoms with Crippen LogP contribution in [-0.4, -0.2) is 101 Å². The van der Waals surface area contributed by atoms with Gasteiger partial charge in [0.25, 0.3) is 0 Å². The fourth-order valence-electron chi connectivity index (χ4n) is 6.24. The van der Waals surface area contributed by atoms with Gasteiger partial charge in [-0.25, -0.2) is 0 Å². The number of phenols is 1. The molecule has 6 amide bonds. The van der Waals surface area contributed by atoms with Crippen LogP contribution in [0.1, 0.15) is 63.5 Å². The molecule has 1 heterocycles. The van der Waals surface area contributed by atoms with Crippen LogP contribution >= 0.6 is 0 Å². The largest absolute Gasteiger partial charge is 0.508 e. The third-order valence-corrected chi connectivity index (χ3v) is 9.97. The Hall–Kier alpha value is -6.21. The fraction of sp³-hybridized carbons (Fsp3) is 0.475. The molecule has 6 atom stereocenters. The molecule has 17 N–H and O–H groups in total. The zero-order valence-electron chi connectivity index (χ0n) is 33.6. The van der Waals surface area contributed by atoms with E-state index in [2.05, 4.69) is 36.9 Å². The molecular formula is C40H60N12O7. The van der Waals surface area contributed by atoms with Crippen LogP contribution in [-0.2, 0) is 41.6 Å². The van der Waals surface area contributed by atoms with Crippen molar-refractivity contribution in [3.63, 3.8) is 0 Å². The van der Waals surface area contributed by atoms with Crippen molar-refractivity contribution >= 4 is 52.3 Å². The first-order valence-corrected chi connectivity index (χ1v) is 19.8. The molecule has 0 aliphatic rings. The van der Waals surface area contributed by atoms with Crippen LogP contribution in [0.25, 0.3) is 10.9 Å². The Morgan fingerprint density at radius 1 is 0.763 bits per heavy atom. The van der Waals surface area contributed by atoms with E-state index in [4.69, 9.17) is 28.3 Å². The van der Waals surface area contributed by atoms with Crippen molar-refractivity contribution in [3.8, 4) is 5.75 Å². The van der Waals surface area contributed by atoms with Crippen LogP contribution in [0.2, 0.25) is 0 Å². The summed E-state index contributed by atoms with van der Waals surface area (Å²) in [5, 5.41) is 34.0. The van der Waals surface area contributed by atoms with E-state index in [1.165, 1.54) is 12.1 Å². The lowest BCUT2D eigenvalue weighted by Gasteiger charge is -2.27. The van der Waals surface area contributed by atoms with E-state index in [1.807, 2.05) is 38.1 Å². The summed E-state index contributed by atoms with van der Waals surface area (Å²) in [6, 6.07) is 7.84. The SMILES string of the molecule is CC[C@H](C)[C@H](N)C(=O)N[C@@H](CCCCN)C(=O)N[C@@H](CCCNC(=N)N)C(=O)N[C@@H](Cc1ccc(O)cc1)C(=O)NCC(=O)N[C@@H](Cc1c[nH]c2ccccc12)C(N)=O. The monoisotopic (exact) mass is 820 g/mol. The average Bonchev–Trinajstić information content (AvgIpc) is 3.62. The van der Waals surface area contributed by atoms with Gasteiger partial charge in [-0.05, 0) is 73.9 Å². The average molecular weight is 821 g/mol. The normalized spacial score (nSPS) is 14.1. The Balaban J connectivity index is 1.79. The number of primary amides is 1. The van der Waals surface area contributed by atoms with Crippen LogP contribution in [0, 0.1) is 11.3 Å². The molecule has 19 nitrogen and oxygen atoms in total. The zero-order valence-corrected chi connectivity index (χ0v) is 33.6. The van der Waals surface area contributed by atoms with Gasteiger partial charge in [-0.15, -0.1) is 0 Å². The van der Waals surface area contributed by atoms with E-state index < -0.39 is 72.2 Å². The Kier molecular flexibility index (Phi) is 19.1. The van der Waals surface area contributed by atoms with Crippen molar-refractivity contribution in [3.05, 3.63) is 65.9 Å². The van der Waals surface area contributed by atoms with Gasteiger partial charge in [0.2, 0.25) is 35.4 Å². The summed E-state index contributed by atoms with van der Waals surface area (Å²) in [7, 11) is 0. The van der Waals surface area contributed by atoms with Gasteiger partial charge in [0.1, 0.15) is 29.9 Å². The minimum Gasteiger partial charge on any atom is -0.508 e. The number of phenolic OH excluding ortho intramolecular Hbond substituents is 1. The molecule has 0 unspecified atom stereocenters. The van der Waals surface area contributed by atoms with Gasteiger partial charge < -0.3 is 64.9 Å². The van der Waals surface area contributed by atoms with Gasteiger partial charge in [-0.1, -0.05) is 50.6 Å². The minimum absolute atomic E-state index is 0.0211. The highest BCUT2D eigenvalue weighted by atomic mass is 16.3. The number of unbranched alkanes of at least 4 members (excludes halogenated alkanes) is 1. The van der Waals surface area contributed by atoms with Gasteiger partial charge in [-0.2, -0.15) is 0 Å². The summed E-state index contributed by atoms with van der Waals surface area (Å²) >= 11 is 0. The smallest absolute Gasteiger partial charge is 0.243 e. The molecule has 3 aromatic rings. The first-order valence-electron chi connectivity index (χ1n) is 19.8. The molecule has 322 valence electrons. The summed E-state index contributed by atoms with van der Waals surface area (Å²) in [6.45, 7) is 3.70. The highest BCUT2D eigenvalue weighted by Crippen LogP contribution is 2.19. The van der Waals surface area contributed by atoms with Crippen molar-refractivity contribution in [1.29, 1.82) is 5.41 Å². The standard InChI is InChI=1S/C40H60N12O7/c1-3-23(2)34(42)39(59)51-29(11-6-7-17-41)37(57)50-30(12-8-18-46-40(44)45)38(58)52-32(19-24-13-15-26(53)16-14-24)36(56)48-22-33(54)49-31(35(43)55)20-25-21-47-28-10-5-4-9-27(25)28/h4-5,9-10,13-16,21,23,29-32,34,47,53H,3,6-8,11-12,17-20,22,41-42H2,1-2H3,(H2,43,55)(H,48,56)(H,49,54)(H,50,57)(H,51,59)(H,52,58)(H4,44,45,46)/t23-,29-,30-,31-,32-,34-/m0/s1. The van der Waals surface area contributed by atoms with Crippen molar-refractivity contribution in [1.82, 2.24) is 36.9 Å². The number of hydrogen-bond donors (Lipinski definition) is 13. The van der Waals surface area contributed by atoms with Crippen LogP contribution in [0.15, 0.2) is 54.7 Å².